The van der Waals surface area contributed by atoms with Crippen molar-refractivity contribution in [1.29, 1.82) is 0 Å². The Morgan fingerprint density at radius 1 is 0.944 bits per heavy atom. The van der Waals surface area contributed by atoms with Crippen LogP contribution < -0.4 is 5.32 Å². The number of nitrogens with one attached hydrogen (secondary N) is 1. The molecule has 0 saturated carbocycles. The Labute approximate surface area is 222 Å². The Morgan fingerprint density at radius 2 is 1.61 bits per heavy atom. The summed E-state index contributed by atoms with van der Waals surface area (Å²) in [5.74, 6) is 0.763. The second kappa shape index (κ2) is 10.5. The average Bonchev–Trinajstić information content (AvgIpc) is 3.24. The predicted molar refractivity (Wildman–Crippen MR) is 151 cm³/mol. The fourth-order valence-corrected chi connectivity index (χ4v) is 5.10. The van der Waals surface area contributed by atoms with Crippen LogP contribution in [0, 0.1) is 20.8 Å². The molecule has 0 atom stereocenters. The number of carbonyl (C=O) groups excluding carboxylic acids is 1. The largest absolute Gasteiger partial charge is 0.324 e. The number of thioether (sulfide) groups is 1. The fraction of sp³-hybridized carbons (Fsp3) is 0.276. The number of aromatic nitrogens is 3. The maximum absolute atomic E-state index is 12.8. The van der Waals surface area contributed by atoms with E-state index in [1.54, 1.807) is 0 Å². The van der Waals surface area contributed by atoms with Gasteiger partial charge in [0.15, 0.2) is 11.0 Å². The standard InChI is InChI=1S/C29H31ClN4OS/c1-18-7-13-23(14-8-18)34-27(21-9-11-22(12-10-21)29(4,5)6)32-33-28(34)36-17-25(35)31-26-20(3)15-19(2)16-24(26)30/h7-16H,17H2,1-6H3,(H,31,35). The first kappa shape index (κ1) is 26.0. The monoisotopic (exact) mass is 518 g/mol. The molecule has 0 bridgehead atoms. The molecule has 1 aromatic heterocycles. The zero-order valence-electron chi connectivity index (χ0n) is 21.5. The molecule has 1 amide bonds. The van der Waals surface area contributed by atoms with Crippen molar-refractivity contribution in [3.8, 4) is 17.1 Å². The highest BCUT2D eigenvalue weighted by atomic mass is 35.5. The summed E-state index contributed by atoms with van der Waals surface area (Å²) in [4.78, 5) is 12.8. The van der Waals surface area contributed by atoms with E-state index in [0.717, 1.165) is 28.2 Å². The van der Waals surface area contributed by atoms with E-state index >= 15 is 0 Å². The highest BCUT2D eigenvalue weighted by Gasteiger charge is 2.19. The van der Waals surface area contributed by atoms with Gasteiger partial charge in [-0.25, -0.2) is 0 Å². The molecule has 7 heteroatoms. The van der Waals surface area contributed by atoms with Crippen molar-refractivity contribution in [3.05, 3.63) is 87.9 Å². The van der Waals surface area contributed by atoms with Gasteiger partial charge in [-0.2, -0.15) is 0 Å². The van der Waals surface area contributed by atoms with Gasteiger partial charge in [0.25, 0.3) is 0 Å². The van der Waals surface area contributed by atoms with Gasteiger partial charge in [-0.05, 0) is 61.1 Å². The topological polar surface area (TPSA) is 59.8 Å². The van der Waals surface area contributed by atoms with Gasteiger partial charge in [-0.15, -0.1) is 10.2 Å². The number of aryl methyl sites for hydroxylation is 3. The summed E-state index contributed by atoms with van der Waals surface area (Å²) in [5, 5.41) is 13.1. The minimum atomic E-state index is -0.150. The van der Waals surface area contributed by atoms with Crippen LogP contribution in [0.1, 0.15) is 43.0 Å². The molecule has 1 N–H and O–H groups in total. The van der Waals surface area contributed by atoms with E-state index in [9.17, 15) is 4.79 Å². The first-order valence-corrected chi connectivity index (χ1v) is 13.2. The summed E-state index contributed by atoms with van der Waals surface area (Å²) in [6.07, 6.45) is 0. The number of carbonyl (C=O) groups is 1. The van der Waals surface area contributed by atoms with Crippen LogP contribution >= 0.6 is 23.4 Å². The Balaban J connectivity index is 1.62. The lowest BCUT2D eigenvalue weighted by atomic mass is 9.87. The summed E-state index contributed by atoms with van der Waals surface area (Å²) in [6.45, 7) is 12.6. The summed E-state index contributed by atoms with van der Waals surface area (Å²) in [5.41, 5.74) is 7.03. The molecule has 3 aromatic carbocycles. The lowest BCUT2D eigenvalue weighted by Crippen LogP contribution is -2.16. The molecule has 186 valence electrons. The highest BCUT2D eigenvalue weighted by Crippen LogP contribution is 2.31. The third kappa shape index (κ3) is 5.82. The molecule has 0 aliphatic carbocycles. The molecule has 0 saturated heterocycles. The second-order valence-corrected chi connectivity index (χ2v) is 11.4. The smallest absolute Gasteiger partial charge is 0.234 e. The van der Waals surface area contributed by atoms with Crippen LogP contribution in [0.4, 0.5) is 5.69 Å². The number of benzene rings is 3. The molecule has 0 aliphatic heterocycles. The molecule has 0 spiro atoms. The minimum absolute atomic E-state index is 0.0657. The molecular weight excluding hydrogens is 488 g/mol. The van der Waals surface area contributed by atoms with Crippen molar-refractivity contribution in [2.24, 2.45) is 0 Å². The minimum Gasteiger partial charge on any atom is -0.324 e. The number of hydrogen-bond donors (Lipinski definition) is 1. The van der Waals surface area contributed by atoms with Crippen LogP contribution in [0.5, 0.6) is 0 Å². The first-order valence-electron chi connectivity index (χ1n) is 11.9. The van der Waals surface area contributed by atoms with E-state index in [1.165, 1.54) is 22.9 Å². The molecule has 0 aliphatic rings. The molecular formula is C29H31ClN4OS. The van der Waals surface area contributed by atoms with E-state index in [-0.39, 0.29) is 17.1 Å². The van der Waals surface area contributed by atoms with Gasteiger partial charge in [0.1, 0.15) is 0 Å². The number of rotatable bonds is 6. The van der Waals surface area contributed by atoms with Crippen LogP contribution in [0.3, 0.4) is 0 Å². The Kier molecular flexibility index (Phi) is 7.57. The summed E-state index contributed by atoms with van der Waals surface area (Å²) >= 11 is 7.72. The number of nitrogens with zero attached hydrogens (tertiary/aromatic N) is 3. The van der Waals surface area contributed by atoms with Crippen molar-refractivity contribution < 1.29 is 4.79 Å². The number of amides is 1. The molecule has 36 heavy (non-hydrogen) atoms. The Morgan fingerprint density at radius 3 is 2.22 bits per heavy atom. The van der Waals surface area contributed by atoms with E-state index in [1.807, 2.05) is 42.7 Å². The van der Waals surface area contributed by atoms with Gasteiger partial charge < -0.3 is 5.32 Å². The van der Waals surface area contributed by atoms with Crippen LogP contribution in [0.2, 0.25) is 5.02 Å². The van der Waals surface area contributed by atoms with Gasteiger partial charge >= 0.3 is 0 Å². The number of halogens is 1. The summed E-state index contributed by atoms with van der Waals surface area (Å²) in [6, 6.07) is 20.5. The van der Waals surface area contributed by atoms with Crippen molar-refractivity contribution in [2.75, 3.05) is 11.1 Å². The van der Waals surface area contributed by atoms with Crippen molar-refractivity contribution >= 4 is 35.0 Å². The van der Waals surface area contributed by atoms with Crippen molar-refractivity contribution in [3.63, 3.8) is 0 Å². The fourth-order valence-electron chi connectivity index (χ4n) is 3.98. The van der Waals surface area contributed by atoms with Crippen LogP contribution in [0.15, 0.2) is 65.8 Å². The van der Waals surface area contributed by atoms with E-state index < -0.39 is 0 Å². The lowest BCUT2D eigenvalue weighted by Gasteiger charge is -2.19. The molecule has 0 fully saturated rings. The molecule has 4 rings (SSSR count). The van der Waals surface area contributed by atoms with Gasteiger partial charge in [-0.3, -0.25) is 9.36 Å². The second-order valence-electron chi connectivity index (χ2n) is 10.1. The zero-order valence-corrected chi connectivity index (χ0v) is 23.1. The van der Waals surface area contributed by atoms with Crippen molar-refractivity contribution in [2.45, 2.75) is 52.1 Å². The average molecular weight is 519 g/mol. The summed E-state index contributed by atoms with van der Waals surface area (Å²) in [7, 11) is 0. The zero-order chi connectivity index (χ0) is 26.0. The Bertz CT molecular complexity index is 1360. The molecule has 4 aromatic rings. The quantitative estimate of drug-likeness (QED) is 0.268. The Hall–Kier alpha value is -3.09. The van der Waals surface area contributed by atoms with Gasteiger partial charge in [0.05, 0.1) is 16.5 Å². The highest BCUT2D eigenvalue weighted by molar-refractivity contribution is 7.99. The number of anilines is 1. The maximum atomic E-state index is 12.8. The number of hydrogen-bond acceptors (Lipinski definition) is 4. The van der Waals surface area contributed by atoms with Crippen molar-refractivity contribution in [1.82, 2.24) is 14.8 Å². The lowest BCUT2D eigenvalue weighted by molar-refractivity contribution is -0.113. The third-order valence-electron chi connectivity index (χ3n) is 5.96. The van der Waals surface area contributed by atoms with E-state index in [0.29, 0.717) is 15.9 Å². The van der Waals surface area contributed by atoms with Crippen LogP contribution in [0.25, 0.3) is 17.1 Å². The van der Waals surface area contributed by atoms with Gasteiger partial charge in [0.2, 0.25) is 5.91 Å². The predicted octanol–water partition coefficient (Wildman–Crippen LogP) is 7.54. The van der Waals surface area contributed by atoms with Gasteiger partial charge in [0, 0.05) is 11.3 Å². The molecule has 0 radical (unpaired) electrons. The first-order chi connectivity index (χ1) is 17.0. The van der Waals surface area contributed by atoms with Gasteiger partial charge in [-0.1, -0.05) is 92.2 Å². The van der Waals surface area contributed by atoms with Crippen LogP contribution in [-0.4, -0.2) is 26.4 Å². The SMILES string of the molecule is Cc1ccc(-n2c(SCC(=O)Nc3c(C)cc(C)cc3Cl)nnc2-c2ccc(C(C)(C)C)cc2)cc1. The normalized spacial score (nSPS) is 11.5. The molecule has 0 unspecified atom stereocenters. The maximum Gasteiger partial charge on any atom is 0.234 e. The van der Waals surface area contributed by atoms with E-state index in [4.69, 9.17) is 11.6 Å². The third-order valence-corrected chi connectivity index (χ3v) is 7.19. The van der Waals surface area contributed by atoms with E-state index in [2.05, 4.69) is 79.6 Å². The van der Waals surface area contributed by atoms with Crippen LogP contribution in [-0.2, 0) is 10.2 Å². The molecule has 5 nitrogen and oxygen atoms in total. The molecule has 1 heterocycles. The summed E-state index contributed by atoms with van der Waals surface area (Å²) < 4.78 is 2.01.